The van der Waals surface area contributed by atoms with E-state index < -0.39 is 0 Å². The summed E-state index contributed by atoms with van der Waals surface area (Å²) in [6.45, 7) is 19.7. The summed E-state index contributed by atoms with van der Waals surface area (Å²) in [5.41, 5.74) is 15.2. The van der Waals surface area contributed by atoms with E-state index in [2.05, 4.69) is 165 Å². The molecule has 55 heavy (non-hydrogen) atoms. The molecule has 1 heterocycles. The minimum absolute atomic E-state index is 0.588. The van der Waals surface area contributed by atoms with E-state index in [1.54, 1.807) is 6.08 Å². The van der Waals surface area contributed by atoms with Gasteiger partial charge < -0.3 is 15.6 Å². The van der Waals surface area contributed by atoms with Crippen molar-refractivity contribution < 1.29 is 0 Å². The molecular formula is C52H61N3. The normalized spacial score (nSPS) is 12.8. The average molecular weight is 728 g/mol. The maximum atomic E-state index is 5.36. The topological polar surface area (TPSA) is 43.0 Å². The summed E-state index contributed by atoms with van der Waals surface area (Å²) >= 11 is 0. The molecule has 0 bridgehead atoms. The van der Waals surface area contributed by atoms with E-state index >= 15 is 0 Å². The van der Waals surface area contributed by atoms with Crippen LogP contribution in [0.5, 0.6) is 0 Å². The van der Waals surface area contributed by atoms with Gasteiger partial charge in [-0.25, -0.2) is 0 Å². The van der Waals surface area contributed by atoms with Crippen LogP contribution in [0.1, 0.15) is 49.8 Å². The van der Waals surface area contributed by atoms with Crippen molar-refractivity contribution in [1.29, 1.82) is 0 Å². The number of nitrogens with one attached hydrogen (secondary N) is 1. The number of rotatable bonds is 5. The first kappa shape index (κ1) is 44.8. The van der Waals surface area contributed by atoms with Crippen LogP contribution in [0.3, 0.4) is 0 Å². The van der Waals surface area contributed by atoms with Crippen LogP contribution >= 0.6 is 0 Å². The number of likely N-dealkylation sites (N-methyl/N-ethyl adjacent to an activating group) is 1. The SMILES string of the molecule is C/C=C\C(=C\C)NC.C=C.C=C/C=C/C.Cc1ccc2c(c1)c1ccccc1n2-c1ccccc1.Cc1cccc(C2C=CC=CC2)c1.Nc1ccccc1. The highest BCUT2D eigenvalue weighted by Gasteiger charge is 2.11. The molecule has 5 aromatic carbocycles. The number of hydrogen-bond acceptors (Lipinski definition) is 2. The van der Waals surface area contributed by atoms with Crippen LogP contribution in [-0.2, 0) is 0 Å². The average Bonchev–Trinajstić information content (AvgIpc) is 3.56. The summed E-state index contributed by atoms with van der Waals surface area (Å²) in [6.07, 6.45) is 21.5. The van der Waals surface area contributed by atoms with Crippen LogP contribution in [0.4, 0.5) is 5.69 Å². The first-order chi connectivity index (χ1) is 26.9. The van der Waals surface area contributed by atoms with Crippen molar-refractivity contribution >= 4 is 27.5 Å². The lowest BCUT2D eigenvalue weighted by Gasteiger charge is -2.13. The van der Waals surface area contributed by atoms with E-state index in [0.29, 0.717) is 5.92 Å². The fourth-order valence-corrected chi connectivity index (χ4v) is 5.76. The van der Waals surface area contributed by atoms with Gasteiger partial charge in [-0.15, -0.1) is 13.2 Å². The van der Waals surface area contributed by atoms with Gasteiger partial charge in [-0.1, -0.05) is 157 Å². The summed E-state index contributed by atoms with van der Waals surface area (Å²) in [5.74, 6) is 0.588. The summed E-state index contributed by atoms with van der Waals surface area (Å²) < 4.78 is 2.34. The van der Waals surface area contributed by atoms with Crippen molar-refractivity contribution in [2.75, 3.05) is 12.8 Å². The zero-order valence-electron chi connectivity index (χ0n) is 33.8. The van der Waals surface area contributed by atoms with Gasteiger partial charge in [0.25, 0.3) is 0 Å². The third kappa shape index (κ3) is 15.3. The van der Waals surface area contributed by atoms with E-state index in [1.165, 1.54) is 44.2 Å². The van der Waals surface area contributed by atoms with Crippen LogP contribution in [0, 0.1) is 13.8 Å². The molecule has 1 aliphatic carbocycles. The number of allylic oxidation sites excluding steroid dienone is 10. The summed E-state index contributed by atoms with van der Waals surface area (Å²) in [6, 6.07) is 44.1. The maximum Gasteiger partial charge on any atom is 0.0541 e. The maximum absolute atomic E-state index is 5.36. The Morgan fingerprint density at radius 1 is 0.709 bits per heavy atom. The Morgan fingerprint density at radius 2 is 1.35 bits per heavy atom. The van der Waals surface area contributed by atoms with Crippen molar-refractivity contribution in [3.63, 3.8) is 0 Å². The van der Waals surface area contributed by atoms with Gasteiger partial charge in [0.1, 0.15) is 0 Å². The molecule has 0 saturated carbocycles. The van der Waals surface area contributed by atoms with Gasteiger partial charge in [-0.3, -0.25) is 0 Å². The molecule has 3 heteroatoms. The predicted octanol–water partition coefficient (Wildman–Crippen LogP) is 14.2. The van der Waals surface area contributed by atoms with E-state index in [4.69, 9.17) is 5.73 Å². The molecule has 284 valence electrons. The van der Waals surface area contributed by atoms with Crippen molar-refractivity contribution in [2.45, 2.75) is 47.0 Å². The lowest BCUT2D eigenvalue weighted by atomic mass is 9.92. The van der Waals surface area contributed by atoms with Gasteiger partial charge in [0.2, 0.25) is 0 Å². The Bertz CT molecular complexity index is 2120. The van der Waals surface area contributed by atoms with Crippen LogP contribution in [-0.4, -0.2) is 11.6 Å². The highest BCUT2D eigenvalue weighted by Crippen LogP contribution is 2.32. The molecule has 3 nitrogen and oxygen atoms in total. The van der Waals surface area contributed by atoms with Crippen molar-refractivity contribution in [1.82, 2.24) is 9.88 Å². The standard InChI is InChI=1S/C19H15N.C13H14.C7H13N.C6H7N.C5H8.C2H4/c1-14-11-12-19-17(13-14)16-9-5-6-10-18(16)20(19)15-7-3-2-4-8-15;1-11-6-5-9-13(10-11)12-7-3-2-4-8-12;1-4-6-7(5-2)8-3;7-6-4-2-1-3-5-6;1-3-5-4-2;1-2/h2-13H,1H3;2-7,9-10,12H,8H2,1H3;4-6,8H,1-3H3;1-5H,7H2;3-5H,1H2,2H3;1-2H2/b;;6-4-,7-5-;;5-4+;. The molecule has 0 aliphatic heterocycles. The molecular weight excluding hydrogens is 667 g/mol. The molecule has 3 N–H and O–H groups in total. The molecule has 0 amide bonds. The smallest absolute Gasteiger partial charge is 0.0541 e. The molecule has 0 radical (unpaired) electrons. The number of benzene rings is 5. The lowest BCUT2D eigenvalue weighted by molar-refractivity contribution is 0.852. The van der Waals surface area contributed by atoms with Crippen LogP contribution in [0.2, 0.25) is 0 Å². The number of para-hydroxylation sites is 3. The van der Waals surface area contributed by atoms with Crippen molar-refractivity contribution in [3.05, 3.63) is 230 Å². The van der Waals surface area contributed by atoms with Crippen molar-refractivity contribution in [2.24, 2.45) is 0 Å². The first-order valence-electron chi connectivity index (χ1n) is 18.8. The van der Waals surface area contributed by atoms with E-state index in [-0.39, 0.29) is 0 Å². The third-order valence-electron chi connectivity index (χ3n) is 8.37. The molecule has 0 saturated heterocycles. The monoisotopic (exact) mass is 727 g/mol. The Kier molecular flexibility index (Phi) is 21.6. The molecule has 1 aromatic heterocycles. The van der Waals surface area contributed by atoms with Gasteiger partial charge in [-0.2, -0.15) is 0 Å². The molecule has 1 aliphatic rings. The molecule has 6 aromatic rings. The largest absolute Gasteiger partial charge is 0.399 e. The van der Waals surface area contributed by atoms with Gasteiger partial charge in [0.15, 0.2) is 0 Å². The van der Waals surface area contributed by atoms with Gasteiger partial charge >= 0.3 is 0 Å². The summed E-state index contributed by atoms with van der Waals surface area (Å²) in [4.78, 5) is 0. The fourth-order valence-electron chi connectivity index (χ4n) is 5.76. The summed E-state index contributed by atoms with van der Waals surface area (Å²) in [7, 11) is 1.91. The van der Waals surface area contributed by atoms with Crippen LogP contribution < -0.4 is 11.1 Å². The quantitative estimate of drug-likeness (QED) is 0.105. The van der Waals surface area contributed by atoms with Crippen LogP contribution in [0.25, 0.3) is 27.5 Å². The predicted molar refractivity (Wildman–Crippen MR) is 247 cm³/mol. The van der Waals surface area contributed by atoms with Gasteiger partial charge in [0, 0.05) is 40.8 Å². The second-order valence-electron chi connectivity index (χ2n) is 12.4. The van der Waals surface area contributed by atoms with E-state index in [1.807, 2.05) is 88.5 Å². The number of aromatic nitrogens is 1. The Hall–Kier alpha value is -6.32. The van der Waals surface area contributed by atoms with E-state index in [9.17, 15) is 0 Å². The third-order valence-corrected chi connectivity index (χ3v) is 8.37. The van der Waals surface area contributed by atoms with E-state index in [0.717, 1.165) is 17.8 Å². The molecule has 0 spiro atoms. The van der Waals surface area contributed by atoms with Gasteiger partial charge in [0.05, 0.1) is 11.0 Å². The number of aryl methyl sites for hydroxylation is 2. The summed E-state index contributed by atoms with van der Waals surface area (Å²) in [5, 5.41) is 5.67. The highest BCUT2D eigenvalue weighted by atomic mass is 15.0. The lowest BCUT2D eigenvalue weighted by Crippen LogP contribution is -2.01. The molecule has 0 fully saturated rings. The van der Waals surface area contributed by atoms with Gasteiger partial charge in [-0.05, 0) is 95.1 Å². The second kappa shape index (κ2) is 26.4. The second-order valence-corrected chi connectivity index (χ2v) is 12.4. The zero-order valence-corrected chi connectivity index (χ0v) is 33.8. The number of anilines is 1. The number of hydrogen-bond donors (Lipinski definition) is 2. The Balaban J connectivity index is 0.000000258. The molecule has 7 rings (SSSR count). The van der Waals surface area contributed by atoms with Crippen LogP contribution in [0.15, 0.2) is 214 Å². The fraction of sp³-hybridized carbons (Fsp3) is 0.154. The number of nitrogen functional groups attached to an aromatic ring is 1. The highest BCUT2D eigenvalue weighted by molar-refractivity contribution is 6.09. The van der Waals surface area contributed by atoms with Crippen molar-refractivity contribution in [3.8, 4) is 5.69 Å². The first-order valence-corrected chi connectivity index (χ1v) is 18.8. The minimum Gasteiger partial charge on any atom is -0.399 e. The molecule has 1 atom stereocenters. The zero-order chi connectivity index (χ0) is 40.3. The number of fused-ring (bicyclic) bond motifs is 3. The number of nitrogens with two attached hydrogens (primary N) is 1. The Morgan fingerprint density at radius 3 is 1.85 bits per heavy atom. The molecule has 1 unspecified atom stereocenters. The Labute approximate surface area is 331 Å². The minimum atomic E-state index is 0.588. The number of nitrogens with zero attached hydrogens (tertiary/aromatic N) is 1.